The van der Waals surface area contributed by atoms with Crippen LogP contribution in [0.15, 0.2) is 12.3 Å². The van der Waals surface area contributed by atoms with Crippen LogP contribution in [0.5, 0.6) is 0 Å². The molecule has 2 heteroatoms. The molecule has 0 aromatic heterocycles. The monoisotopic (exact) mass is 144 g/mol. The molecule has 0 aromatic rings. The largest absolute Gasteiger partial charge is 0.385 e. The maximum Gasteiger partial charge on any atom is 0.0749 e. The third-order valence-corrected chi connectivity index (χ3v) is 2.04. The highest BCUT2D eigenvalue weighted by atomic mass is 28.2. The summed E-state index contributed by atoms with van der Waals surface area (Å²) in [5.74, 6) is 0. The van der Waals surface area contributed by atoms with Crippen molar-refractivity contribution in [1.82, 2.24) is 0 Å². The summed E-state index contributed by atoms with van der Waals surface area (Å²) in [6, 6.07) is 0. The summed E-state index contributed by atoms with van der Waals surface area (Å²) in [4.78, 5) is 0. The second kappa shape index (κ2) is 7.92. The maximum atomic E-state index is 5.30. The summed E-state index contributed by atoms with van der Waals surface area (Å²) in [6.07, 6.45) is 3.41. The van der Waals surface area contributed by atoms with Crippen molar-refractivity contribution in [2.75, 3.05) is 12.8 Å². The van der Waals surface area contributed by atoms with Gasteiger partial charge in [0.15, 0.2) is 0 Å². The maximum absolute atomic E-state index is 5.30. The second-order valence-corrected chi connectivity index (χ2v) is 3.61. The highest BCUT2D eigenvalue weighted by Crippen LogP contribution is 1.86. The summed E-state index contributed by atoms with van der Waals surface area (Å²) < 4.78 is 5.30. The van der Waals surface area contributed by atoms with Gasteiger partial charge in [-0.25, -0.2) is 0 Å². The Morgan fingerprint density at radius 2 is 2.44 bits per heavy atom. The molecular formula is C7H16OSi. The van der Waals surface area contributed by atoms with Gasteiger partial charge in [-0.3, -0.25) is 0 Å². The van der Waals surface area contributed by atoms with E-state index in [1.165, 1.54) is 12.8 Å². The topological polar surface area (TPSA) is 9.23 Å². The molecule has 0 aromatic carbocycles. The van der Waals surface area contributed by atoms with Crippen molar-refractivity contribution in [3.05, 3.63) is 12.3 Å². The Bertz CT molecular complexity index is 63.9. The van der Waals surface area contributed by atoms with Crippen LogP contribution in [0, 0.1) is 0 Å². The third kappa shape index (κ3) is 7.92. The summed E-state index contributed by atoms with van der Waals surface area (Å²) in [7, 11) is -0.0646. The average Bonchev–Trinajstić information content (AvgIpc) is 1.89. The van der Waals surface area contributed by atoms with Gasteiger partial charge in [0.25, 0.3) is 0 Å². The third-order valence-electron chi connectivity index (χ3n) is 1.11. The zero-order chi connectivity index (χ0) is 6.95. The molecular weight excluding hydrogens is 128 g/mol. The number of rotatable bonds is 6. The Morgan fingerprint density at radius 3 is 3.00 bits per heavy atom. The van der Waals surface area contributed by atoms with Crippen LogP contribution in [0.3, 0.4) is 0 Å². The van der Waals surface area contributed by atoms with E-state index < -0.39 is 0 Å². The van der Waals surface area contributed by atoms with E-state index in [-0.39, 0.29) is 9.52 Å². The SMILES string of the molecule is C=C[SiH2]COCCCC. The van der Waals surface area contributed by atoms with Gasteiger partial charge in [0, 0.05) is 12.8 Å². The summed E-state index contributed by atoms with van der Waals surface area (Å²) in [5, 5.41) is 0. The number of hydrogen-bond donors (Lipinski definition) is 0. The smallest absolute Gasteiger partial charge is 0.0749 e. The Labute approximate surface area is 59.9 Å². The van der Waals surface area contributed by atoms with E-state index >= 15 is 0 Å². The predicted octanol–water partition coefficient (Wildman–Crippen LogP) is 1.07. The lowest BCUT2D eigenvalue weighted by Gasteiger charge is -1.97. The molecule has 0 amide bonds. The van der Waals surface area contributed by atoms with Crippen LogP contribution in [0.25, 0.3) is 0 Å². The fourth-order valence-electron chi connectivity index (χ4n) is 0.515. The van der Waals surface area contributed by atoms with E-state index in [1.54, 1.807) is 0 Å². The highest BCUT2D eigenvalue weighted by molar-refractivity contribution is 6.41. The minimum Gasteiger partial charge on any atom is -0.385 e. The fraction of sp³-hybridized carbons (Fsp3) is 0.714. The molecule has 0 aliphatic rings. The predicted molar refractivity (Wildman–Crippen MR) is 44.5 cm³/mol. The summed E-state index contributed by atoms with van der Waals surface area (Å²) >= 11 is 0. The van der Waals surface area contributed by atoms with Crippen LogP contribution < -0.4 is 0 Å². The molecule has 0 radical (unpaired) electrons. The van der Waals surface area contributed by atoms with E-state index in [1.807, 2.05) is 5.70 Å². The van der Waals surface area contributed by atoms with Crippen molar-refractivity contribution in [3.63, 3.8) is 0 Å². The molecule has 54 valence electrons. The molecule has 9 heavy (non-hydrogen) atoms. The standard InChI is InChI=1S/C7H16OSi/c1-3-5-6-8-7-9-4-2/h4H,2-3,5-7,9H2,1H3. The number of hydrogen-bond acceptors (Lipinski definition) is 1. The van der Waals surface area contributed by atoms with Gasteiger partial charge >= 0.3 is 0 Å². The van der Waals surface area contributed by atoms with Crippen LogP contribution in [-0.4, -0.2) is 22.4 Å². The van der Waals surface area contributed by atoms with Crippen molar-refractivity contribution in [1.29, 1.82) is 0 Å². The number of unbranched alkanes of at least 4 members (excludes halogenated alkanes) is 1. The number of ether oxygens (including phenoxy) is 1. The Balaban J connectivity index is 2.66. The van der Waals surface area contributed by atoms with Crippen molar-refractivity contribution in [3.8, 4) is 0 Å². The van der Waals surface area contributed by atoms with Crippen molar-refractivity contribution in [2.45, 2.75) is 19.8 Å². The Morgan fingerprint density at radius 1 is 1.67 bits per heavy atom. The molecule has 0 saturated heterocycles. The first-order valence-electron chi connectivity index (χ1n) is 3.60. The highest BCUT2D eigenvalue weighted by Gasteiger charge is 1.83. The molecule has 0 N–H and O–H groups in total. The zero-order valence-electron chi connectivity index (χ0n) is 6.23. The molecule has 0 rings (SSSR count). The van der Waals surface area contributed by atoms with Crippen LogP contribution in [0.4, 0.5) is 0 Å². The molecule has 1 nitrogen and oxygen atoms in total. The minimum atomic E-state index is -0.0646. The first kappa shape index (κ1) is 8.92. The molecule has 0 unspecified atom stereocenters. The average molecular weight is 144 g/mol. The van der Waals surface area contributed by atoms with Gasteiger partial charge in [0.2, 0.25) is 0 Å². The molecule has 0 aliphatic heterocycles. The quantitative estimate of drug-likeness (QED) is 0.400. The zero-order valence-corrected chi connectivity index (χ0v) is 7.64. The van der Waals surface area contributed by atoms with Gasteiger partial charge < -0.3 is 4.74 Å². The lowest BCUT2D eigenvalue weighted by atomic mass is 10.4. The normalized spacial score (nSPS) is 10.8. The van der Waals surface area contributed by atoms with E-state index in [4.69, 9.17) is 4.74 Å². The van der Waals surface area contributed by atoms with E-state index in [0.717, 1.165) is 12.8 Å². The van der Waals surface area contributed by atoms with E-state index in [9.17, 15) is 0 Å². The summed E-state index contributed by atoms with van der Waals surface area (Å²) in [5.41, 5.74) is 2.02. The van der Waals surface area contributed by atoms with Crippen LogP contribution in [-0.2, 0) is 4.74 Å². The molecule has 0 aliphatic carbocycles. The van der Waals surface area contributed by atoms with Crippen molar-refractivity contribution in [2.24, 2.45) is 0 Å². The summed E-state index contributed by atoms with van der Waals surface area (Å²) in [6.45, 7) is 6.78. The van der Waals surface area contributed by atoms with Crippen LogP contribution in [0.1, 0.15) is 19.8 Å². The Kier molecular flexibility index (Phi) is 7.84. The molecule has 0 bridgehead atoms. The van der Waals surface area contributed by atoms with Gasteiger partial charge in [0.05, 0.1) is 9.52 Å². The molecule has 0 spiro atoms. The minimum absolute atomic E-state index is 0.0646. The van der Waals surface area contributed by atoms with Gasteiger partial charge in [-0.05, 0) is 6.42 Å². The van der Waals surface area contributed by atoms with Gasteiger partial charge in [-0.2, -0.15) is 0 Å². The van der Waals surface area contributed by atoms with E-state index in [0.29, 0.717) is 0 Å². The first-order chi connectivity index (χ1) is 4.41. The molecule has 0 atom stereocenters. The second-order valence-electron chi connectivity index (χ2n) is 2.04. The Hall–Kier alpha value is -0.0831. The van der Waals surface area contributed by atoms with Gasteiger partial charge in [-0.1, -0.05) is 13.3 Å². The van der Waals surface area contributed by atoms with Crippen LogP contribution >= 0.6 is 0 Å². The van der Waals surface area contributed by atoms with Crippen LogP contribution in [0.2, 0.25) is 0 Å². The van der Waals surface area contributed by atoms with E-state index in [2.05, 4.69) is 13.5 Å². The van der Waals surface area contributed by atoms with Crippen molar-refractivity contribution < 1.29 is 4.74 Å². The van der Waals surface area contributed by atoms with Gasteiger partial charge in [0.1, 0.15) is 0 Å². The van der Waals surface area contributed by atoms with Crippen molar-refractivity contribution >= 4 is 9.52 Å². The molecule has 0 fully saturated rings. The lowest BCUT2D eigenvalue weighted by Crippen LogP contribution is -2.01. The molecule has 0 saturated carbocycles. The molecule has 0 heterocycles. The lowest BCUT2D eigenvalue weighted by molar-refractivity contribution is 0.174. The fourth-order valence-corrected chi connectivity index (χ4v) is 1.05. The first-order valence-corrected chi connectivity index (χ1v) is 5.42. The van der Waals surface area contributed by atoms with Gasteiger partial charge in [-0.15, -0.1) is 12.3 Å².